The molecule has 2 aromatic rings. The number of benzene rings is 1. The minimum absolute atomic E-state index is 0.0139. The van der Waals surface area contributed by atoms with E-state index in [2.05, 4.69) is 10.3 Å². The van der Waals surface area contributed by atoms with E-state index in [1.165, 1.54) is 25.7 Å². The monoisotopic (exact) mass is 321 g/mol. The zero-order chi connectivity index (χ0) is 16.4. The van der Waals surface area contributed by atoms with Crippen LogP contribution in [-0.2, 0) is 4.79 Å². The molecule has 1 amide bonds. The van der Waals surface area contributed by atoms with E-state index in [1.807, 2.05) is 41.1 Å². The van der Waals surface area contributed by atoms with Crippen LogP contribution in [0.3, 0.4) is 0 Å². The number of imidazole rings is 1. The van der Waals surface area contributed by atoms with Gasteiger partial charge in [-0.05, 0) is 67.2 Å². The SMILES string of the molecule is O=C(/C=C/c1ccc(-n2ccnc2)cc1)NCC(C1CC1)C1CC1. The van der Waals surface area contributed by atoms with Gasteiger partial charge in [0.2, 0.25) is 5.91 Å². The van der Waals surface area contributed by atoms with Crippen LogP contribution in [0.2, 0.25) is 0 Å². The van der Waals surface area contributed by atoms with E-state index < -0.39 is 0 Å². The average Bonchev–Trinajstić information content (AvgIpc) is 3.54. The van der Waals surface area contributed by atoms with Crippen LogP contribution >= 0.6 is 0 Å². The number of hydrogen-bond acceptors (Lipinski definition) is 2. The molecule has 2 aliphatic carbocycles. The maximum absolute atomic E-state index is 12.1. The Balaban J connectivity index is 1.30. The normalized spacial score (nSPS) is 17.5. The van der Waals surface area contributed by atoms with Gasteiger partial charge in [0.25, 0.3) is 0 Å². The molecule has 4 heteroatoms. The van der Waals surface area contributed by atoms with Crippen molar-refractivity contribution in [1.82, 2.24) is 14.9 Å². The molecule has 1 N–H and O–H groups in total. The van der Waals surface area contributed by atoms with Crippen LogP contribution in [0, 0.1) is 17.8 Å². The number of aromatic nitrogens is 2. The maximum Gasteiger partial charge on any atom is 0.244 e. The van der Waals surface area contributed by atoms with E-state index in [-0.39, 0.29) is 5.91 Å². The molecular weight excluding hydrogens is 298 g/mol. The molecule has 0 unspecified atom stereocenters. The summed E-state index contributed by atoms with van der Waals surface area (Å²) in [7, 11) is 0. The highest BCUT2D eigenvalue weighted by molar-refractivity contribution is 5.91. The van der Waals surface area contributed by atoms with Crippen molar-refractivity contribution in [3.05, 3.63) is 54.6 Å². The Morgan fingerprint density at radius 3 is 2.50 bits per heavy atom. The van der Waals surface area contributed by atoms with E-state index in [4.69, 9.17) is 0 Å². The number of hydrogen-bond donors (Lipinski definition) is 1. The highest BCUT2D eigenvalue weighted by Gasteiger charge is 2.41. The second-order valence-electron chi connectivity index (χ2n) is 6.98. The van der Waals surface area contributed by atoms with Crippen molar-refractivity contribution in [3.63, 3.8) is 0 Å². The number of rotatable bonds is 7. The van der Waals surface area contributed by atoms with Crippen molar-refractivity contribution in [2.45, 2.75) is 25.7 Å². The van der Waals surface area contributed by atoms with Gasteiger partial charge in [-0.3, -0.25) is 4.79 Å². The third-order valence-corrected chi connectivity index (χ3v) is 5.09. The van der Waals surface area contributed by atoms with Gasteiger partial charge in [-0.1, -0.05) is 12.1 Å². The number of nitrogens with one attached hydrogen (secondary N) is 1. The molecule has 2 aliphatic rings. The molecule has 0 aliphatic heterocycles. The fourth-order valence-corrected chi connectivity index (χ4v) is 3.39. The van der Waals surface area contributed by atoms with Crippen molar-refractivity contribution in [2.75, 3.05) is 6.54 Å². The summed E-state index contributed by atoms with van der Waals surface area (Å²) in [6.07, 6.45) is 14.4. The van der Waals surface area contributed by atoms with E-state index in [1.54, 1.807) is 18.6 Å². The summed E-state index contributed by atoms with van der Waals surface area (Å²) in [5.74, 6) is 2.48. The van der Waals surface area contributed by atoms with Crippen LogP contribution in [0.5, 0.6) is 0 Å². The molecule has 0 spiro atoms. The van der Waals surface area contributed by atoms with Gasteiger partial charge < -0.3 is 9.88 Å². The van der Waals surface area contributed by atoms with Gasteiger partial charge in [-0.2, -0.15) is 0 Å². The Morgan fingerprint density at radius 1 is 1.21 bits per heavy atom. The molecular formula is C20H23N3O. The Bertz CT molecular complexity index is 698. The lowest BCUT2D eigenvalue weighted by molar-refractivity contribution is -0.116. The lowest BCUT2D eigenvalue weighted by atomic mass is 9.98. The van der Waals surface area contributed by atoms with Crippen LogP contribution in [-0.4, -0.2) is 22.0 Å². The molecule has 2 fully saturated rings. The molecule has 2 saturated carbocycles. The predicted octanol–water partition coefficient (Wildman–Crippen LogP) is 3.44. The van der Waals surface area contributed by atoms with Gasteiger partial charge in [-0.25, -0.2) is 4.98 Å². The third-order valence-electron chi connectivity index (χ3n) is 5.09. The van der Waals surface area contributed by atoms with E-state index in [9.17, 15) is 4.79 Å². The number of amides is 1. The largest absolute Gasteiger partial charge is 0.352 e. The lowest BCUT2D eigenvalue weighted by Crippen LogP contribution is -2.29. The first-order chi connectivity index (χ1) is 11.8. The van der Waals surface area contributed by atoms with Gasteiger partial charge in [0.15, 0.2) is 0 Å². The van der Waals surface area contributed by atoms with Crippen LogP contribution in [0.25, 0.3) is 11.8 Å². The van der Waals surface area contributed by atoms with Crippen LogP contribution < -0.4 is 5.32 Å². The minimum Gasteiger partial charge on any atom is -0.352 e. The molecule has 4 nitrogen and oxygen atoms in total. The summed E-state index contributed by atoms with van der Waals surface area (Å²) >= 11 is 0. The summed E-state index contributed by atoms with van der Waals surface area (Å²) in [4.78, 5) is 16.1. The van der Waals surface area contributed by atoms with Gasteiger partial charge >= 0.3 is 0 Å². The molecule has 0 saturated heterocycles. The molecule has 1 heterocycles. The number of carbonyl (C=O) groups is 1. The second-order valence-corrected chi connectivity index (χ2v) is 6.98. The minimum atomic E-state index is 0.0139. The van der Waals surface area contributed by atoms with Crippen molar-refractivity contribution < 1.29 is 4.79 Å². The van der Waals surface area contributed by atoms with Crippen molar-refractivity contribution in [1.29, 1.82) is 0 Å². The standard InChI is InChI=1S/C20H23N3O/c24-20(22-13-19(16-4-5-16)17-6-7-17)10-3-15-1-8-18(9-2-15)23-12-11-21-14-23/h1-3,8-12,14,16-17,19H,4-7,13H2,(H,22,24)/b10-3+. The summed E-state index contributed by atoms with van der Waals surface area (Å²) in [6.45, 7) is 0.845. The Kier molecular flexibility index (Phi) is 4.20. The first-order valence-corrected chi connectivity index (χ1v) is 8.84. The summed E-state index contributed by atoms with van der Waals surface area (Å²) in [5.41, 5.74) is 2.08. The molecule has 4 rings (SSSR count). The average molecular weight is 321 g/mol. The first kappa shape index (κ1) is 15.2. The Morgan fingerprint density at radius 2 is 1.92 bits per heavy atom. The second kappa shape index (κ2) is 6.63. The highest BCUT2D eigenvalue weighted by Crippen LogP contribution is 2.48. The molecule has 24 heavy (non-hydrogen) atoms. The molecule has 0 bridgehead atoms. The Hall–Kier alpha value is -2.36. The Labute approximate surface area is 142 Å². The maximum atomic E-state index is 12.1. The molecule has 0 atom stereocenters. The van der Waals surface area contributed by atoms with Crippen molar-refractivity contribution in [3.8, 4) is 5.69 Å². The quantitative estimate of drug-likeness (QED) is 0.794. The predicted molar refractivity (Wildman–Crippen MR) is 94.5 cm³/mol. The zero-order valence-electron chi connectivity index (χ0n) is 13.8. The van der Waals surface area contributed by atoms with Crippen LogP contribution in [0.4, 0.5) is 0 Å². The first-order valence-electron chi connectivity index (χ1n) is 8.84. The fourth-order valence-electron chi connectivity index (χ4n) is 3.39. The summed E-state index contributed by atoms with van der Waals surface area (Å²) in [5, 5.41) is 3.09. The van der Waals surface area contributed by atoms with Gasteiger partial charge in [-0.15, -0.1) is 0 Å². The lowest BCUT2D eigenvalue weighted by Gasteiger charge is -2.15. The van der Waals surface area contributed by atoms with Gasteiger partial charge in [0, 0.05) is 30.7 Å². The zero-order valence-corrected chi connectivity index (χ0v) is 13.8. The summed E-state index contributed by atoms with van der Waals surface area (Å²) < 4.78 is 1.95. The molecule has 1 aromatic carbocycles. The molecule has 124 valence electrons. The van der Waals surface area contributed by atoms with E-state index in [0.29, 0.717) is 0 Å². The topological polar surface area (TPSA) is 46.9 Å². The third kappa shape index (κ3) is 3.75. The van der Waals surface area contributed by atoms with Crippen LogP contribution in [0.1, 0.15) is 31.2 Å². The number of carbonyl (C=O) groups excluding carboxylic acids is 1. The van der Waals surface area contributed by atoms with E-state index >= 15 is 0 Å². The van der Waals surface area contributed by atoms with Gasteiger partial charge in [0.05, 0.1) is 6.33 Å². The van der Waals surface area contributed by atoms with Gasteiger partial charge in [0.1, 0.15) is 0 Å². The van der Waals surface area contributed by atoms with Crippen molar-refractivity contribution >= 4 is 12.0 Å². The summed E-state index contributed by atoms with van der Waals surface area (Å²) in [6, 6.07) is 8.07. The fraction of sp³-hybridized carbons (Fsp3) is 0.400. The van der Waals surface area contributed by atoms with Crippen LogP contribution in [0.15, 0.2) is 49.1 Å². The molecule has 0 radical (unpaired) electrons. The highest BCUT2D eigenvalue weighted by atomic mass is 16.1. The smallest absolute Gasteiger partial charge is 0.244 e. The van der Waals surface area contributed by atoms with E-state index in [0.717, 1.165) is 35.5 Å². The molecule has 1 aromatic heterocycles. The number of nitrogens with zero attached hydrogens (tertiary/aromatic N) is 2. The van der Waals surface area contributed by atoms with Crippen molar-refractivity contribution in [2.24, 2.45) is 17.8 Å².